The van der Waals surface area contributed by atoms with Crippen LogP contribution in [0.3, 0.4) is 0 Å². The highest BCUT2D eigenvalue weighted by atomic mass is 16.5. The highest BCUT2D eigenvalue weighted by Gasteiger charge is 2.25. The molecule has 1 atom stereocenters. The molecule has 2 aromatic carbocycles. The molecule has 5 heteroatoms. The van der Waals surface area contributed by atoms with Crippen molar-refractivity contribution in [2.75, 3.05) is 13.1 Å². The molecule has 0 radical (unpaired) electrons. The molecule has 0 saturated carbocycles. The summed E-state index contributed by atoms with van der Waals surface area (Å²) in [6, 6.07) is 22.2. The summed E-state index contributed by atoms with van der Waals surface area (Å²) < 4.78 is 5.94. The number of carbonyl (C=O) groups excluding carboxylic acids is 1. The van der Waals surface area contributed by atoms with Crippen LogP contribution in [0.4, 0.5) is 0 Å². The van der Waals surface area contributed by atoms with Gasteiger partial charge in [-0.05, 0) is 42.5 Å². The van der Waals surface area contributed by atoms with Crippen molar-refractivity contribution in [1.82, 2.24) is 15.1 Å². The summed E-state index contributed by atoms with van der Waals surface area (Å²) in [7, 11) is 0. The molecule has 1 amide bonds. The smallest absolute Gasteiger partial charge is 0.233 e. The van der Waals surface area contributed by atoms with Crippen molar-refractivity contribution in [2.45, 2.75) is 32.3 Å². The van der Waals surface area contributed by atoms with Crippen molar-refractivity contribution in [1.29, 1.82) is 0 Å². The Bertz CT molecular complexity index is 940. The Hall–Kier alpha value is -3.21. The van der Waals surface area contributed by atoms with Crippen LogP contribution in [0.15, 0.2) is 66.7 Å². The van der Waals surface area contributed by atoms with E-state index in [1.54, 1.807) is 0 Å². The Balaban J connectivity index is 1.34. The molecule has 4 rings (SSSR count). The van der Waals surface area contributed by atoms with E-state index in [-0.39, 0.29) is 12.0 Å². The normalized spacial score (nSPS) is 16.4. The zero-order valence-electron chi connectivity index (χ0n) is 16.6. The lowest BCUT2D eigenvalue weighted by atomic mass is 10.0. The van der Waals surface area contributed by atoms with Crippen LogP contribution < -0.4 is 4.74 Å². The summed E-state index contributed by atoms with van der Waals surface area (Å²) in [6.45, 7) is 3.26. The van der Waals surface area contributed by atoms with Crippen LogP contribution in [-0.4, -0.2) is 40.2 Å². The van der Waals surface area contributed by atoms with Gasteiger partial charge in [-0.15, -0.1) is 5.10 Å². The molecule has 1 fully saturated rings. The van der Waals surface area contributed by atoms with Gasteiger partial charge in [0.2, 0.25) is 11.8 Å². The van der Waals surface area contributed by atoms with Crippen molar-refractivity contribution >= 4 is 5.91 Å². The first-order valence-electron chi connectivity index (χ1n) is 10.1. The van der Waals surface area contributed by atoms with Gasteiger partial charge in [-0.2, -0.15) is 5.10 Å². The largest absolute Gasteiger partial charge is 0.471 e. The van der Waals surface area contributed by atoms with Gasteiger partial charge in [-0.3, -0.25) is 4.79 Å². The fourth-order valence-electron chi connectivity index (χ4n) is 3.61. The van der Waals surface area contributed by atoms with Crippen LogP contribution in [0.5, 0.6) is 5.88 Å². The van der Waals surface area contributed by atoms with E-state index in [0.717, 1.165) is 36.2 Å². The molecule has 1 saturated heterocycles. The summed E-state index contributed by atoms with van der Waals surface area (Å²) in [5.41, 5.74) is 4.23. The number of aromatic nitrogens is 2. The summed E-state index contributed by atoms with van der Waals surface area (Å²) >= 11 is 0. The zero-order valence-corrected chi connectivity index (χ0v) is 16.6. The maximum Gasteiger partial charge on any atom is 0.233 e. The lowest BCUT2D eigenvalue weighted by Crippen LogP contribution is -2.45. The summed E-state index contributed by atoms with van der Waals surface area (Å²) in [5, 5.41) is 8.10. The molecule has 0 bridgehead atoms. The molecule has 3 aromatic rings. The van der Waals surface area contributed by atoms with Crippen molar-refractivity contribution in [3.63, 3.8) is 0 Å². The van der Waals surface area contributed by atoms with E-state index in [4.69, 9.17) is 4.74 Å². The molecule has 1 aliphatic rings. The van der Waals surface area contributed by atoms with Crippen LogP contribution in [0.2, 0.25) is 0 Å². The van der Waals surface area contributed by atoms with E-state index >= 15 is 0 Å². The second-order valence-corrected chi connectivity index (χ2v) is 7.47. The molecular weight excluding hydrogens is 362 g/mol. The number of aryl methyl sites for hydroxylation is 1. The molecule has 0 N–H and O–H groups in total. The monoisotopic (exact) mass is 387 g/mol. The van der Waals surface area contributed by atoms with Gasteiger partial charge in [0.25, 0.3) is 0 Å². The number of carbonyl (C=O) groups is 1. The number of nitrogens with zero attached hydrogens (tertiary/aromatic N) is 3. The van der Waals surface area contributed by atoms with Crippen molar-refractivity contribution in [3.8, 4) is 17.0 Å². The quantitative estimate of drug-likeness (QED) is 0.662. The standard InChI is InChI=1S/C24H25N3O2/c1-18-9-14-23(26-25-18)29-22-8-5-15-27(17-22)24(28)16-19-10-12-21(13-11-19)20-6-3-2-4-7-20/h2-4,6-7,9-14,22H,5,8,15-17H2,1H3. The van der Waals surface area contributed by atoms with E-state index < -0.39 is 0 Å². The van der Waals surface area contributed by atoms with Gasteiger partial charge in [0.05, 0.1) is 18.7 Å². The number of ether oxygens (including phenoxy) is 1. The van der Waals surface area contributed by atoms with E-state index in [2.05, 4.69) is 34.5 Å². The molecule has 1 aromatic heterocycles. The van der Waals surface area contributed by atoms with E-state index in [1.165, 1.54) is 5.56 Å². The number of hydrogen-bond donors (Lipinski definition) is 0. The van der Waals surface area contributed by atoms with E-state index in [9.17, 15) is 4.79 Å². The maximum atomic E-state index is 12.8. The summed E-state index contributed by atoms with van der Waals surface area (Å²) in [4.78, 5) is 14.7. The number of amides is 1. The number of benzene rings is 2. The SMILES string of the molecule is Cc1ccc(OC2CCCN(C(=O)Cc3ccc(-c4ccccc4)cc3)C2)nn1. The molecule has 5 nitrogen and oxygen atoms in total. The first kappa shape index (κ1) is 19.1. The Kier molecular flexibility index (Phi) is 5.84. The van der Waals surface area contributed by atoms with Gasteiger partial charge in [-0.25, -0.2) is 0 Å². The minimum Gasteiger partial charge on any atom is -0.471 e. The first-order valence-corrected chi connectivity index (χ1v) is 10.1. The van der Waals surface area contributed by atoms with Crippen LogP contribution in [0, 0.1) is 6.92 Å². The highest BCUT2D eigenvalue weighted by molar-refractivity contribution is 5.79. The molecular formula is C24H25N3O2. The van der Waals surface area contributed by atoms with Gasteiger partial charge in [-0.1, -0.05) is 54.6 Å². The average molecular weight is 387 g/mol. The van der Waals surface area contributed by atoms with E-state index in [0.29, 0.717) is 18.8 Å². The highest BCUT2D eigenvalue weighted by Crippen LogP contribution is 2.21. The van der Waals surface area contributed by atoms with Crippen LogP contribution in [0.1, 0.15) is 24.1 Å². The number of piperidine rings is 1. The third-order valence-corrected chi connectivity index (χ3v) is 5.21. The van der Waals surface area contributed by atoms with Crippen LogP contribution >= 0.6 is 0 Å². The van der Waals surface area contributed by atoms with Crippen molar-refractivity contribution < 1.29 is 9.53 Å². The average Bonchev–Trinajstić information content (AvgIpc) is 2.77. The topological polar surface area (TPSA) is 55.3 Å². The lowest BCUT2D eigenvalue weighted by molar-refractivity contribution is -0.133. The molecule has 29 heavy (non-hydrogen) atoms. The third-order valence-electron chi connectivity index (χ3n) is 5.21. The molecule has 148 valence electrons. The Morgan fingerprint density at radius 1 is 1.00 bits per heavy atom. The van der Waals surface area contributed by atoms with Gasteiger partial charge < -0.3 is 9.64 Å². The Morgan fingerprint density at radius 3 is 2.48 bits per heavy atom. The predicted octanol–water partition coefficient (Wildman–Crippen LogP) is 4.06. The first-order chi connectivity index (χ1) is 14.2. The minimum atomic E-state index is -0.0369. The molecule has 1 aliphatic heterocycles. The van der Waals surface area contributed by atoms with Gasteiger partial charge in [0.1, 0.15) is 6.10 Å². The molecule has 1 unspecified atom stereocenters. The summed E-state index contributed by atoms with van der Waals surface area (Å²) in [5.74, 6) is 0.659. The third kappa shape index (κ3) is 4.99. The predicted molar refractivity (Wildman–Crippen MR) is 113 cm³/mol. The van der Waals surface area contributed by atoms with Crippen molar-refractivity contribution in [2.24, 2.45) is 0 Å². The number of rotatable bonds is 5. The minimum absolute atomic E-state index is 0.0369. The Morgan fingerprint density at radius 2 is 1.76 bits per heavy atom. The second-order valence-electron chi connectivity index (χ2n) is 7.47. The van der Waals surface area contributed by atoms with Gasteiger partial charge in [0.15, 0.2) is 0 Å². The van der Waals surface area contributed by atoms with E-state index in [1.807, 2.05) is 54.3 Å². The zero-order chi connectivity index (χ0) is 20.1. The summed E-state index contributed by atoms with van der Waals surface area (Å²) in [6.07, 6.45) is 2.23. The van der Waals surface area contributed by atoms with Crippen LogP contribution in [0.25, 0.3) is 11.1 Å². The maximum absolute atomic E-state index is 12.8. The van der Waals surface area contributed by atoms with Crippen LogP contribution in [-0.2, 0) is 11.2 Å². The molecule has 0 spiro atoms. The lowest BCUT2D eigenvalue weighted by Gasteiger charge is -2.32. The van der Waals surface area contributed by atoms with Crippen molar-refractivity contribution in [3.05, 3.63) is 78.0 Å². The molecule has 0 aliphatic carbocycles. The second kappa shape index (κ2) is 8.86. The number of likely N-dealkylation sites (tertiary alicyclic amines) is 1. The van der Waals surface area contributed by atoms with Gasteiger partial charge >= 0.3 is 0 Å². The fourth-order valence-corrected chi connectivity index (χ4v) is 3.61. The number of hydrogen-bond acceptors (Lipinski definition) is 4. The molecule has 2 heterocycles. The Labute approximate surface area is 171 Å². The fraction of sp³-hybridized carbons (Fsp3) is 0.292. The van der Waals surface area contributed by atoms with Gasteiger partial charge in [0, 0.05) is 12.6 Å².